The Morgan fingerprint density at radius 3 is 2.79 bits per heavy atom. The Morgan fingerprint density at radius 1 is 1.32 bits per heavy atom. The van der Waals surface area contributed by atoms with Gasteiger partial charge in [-0.05, 0) is 41.4 Å². The van der Waals surface area contributed by atoms with Crippen LogP contribution in [0.4, 0.5) is 0 Å². The lowest BCUT2D eigenvalue weighted by atomic mass is 9.95. The van der Waals surface area contributed by atoms with Crippen LogP contribution in [0.1, 0.15) is 17.2 Å². The van der Waals surface area contributed by atoms with Gasteiger partial charge in [-0.2, -0.15) is 0 Å². The van der Waals surface area contributed by atoms with Crippen molar-refractivity contribution in [3.05, 3.63) is 59.9 Å². The number of aromatic nitrogens is 1. The molecule has 4 heteroatoms. The first-order valence-corrected chi connectivity index (χ1v) is 6.31. The first-order chi connectivity index (χ1) is 9.20. The molecule has 2 rings (SSSR count). The summed E-state index contributed by atoms with van der Waals surface area (Å²) in [5.74, 6) is 0.299. The zero-order valence-corrected chi connectivity index (χ0v) is 11.3. The van der Waals surface area contributed by atoms with Crippen molar-refractivity contribution in [1.82, 2.24) is 4.98 Å². The molecule has 1 unspecified atom stereocenters. The van der Waals surface area contributed by atoms with E-state index in [9.17, 15) is 4.79 Å². The van der Waals surface area contributed by atoms with Gasteiger partial charge in [0.05, 0.1) is 13.0 Å². The Morgan fingerprint density at radius 2 is 2.16 bits per heavy atom. The van der Waals surface area contributed by atoms with Gasteiger partial charge in [0.2, 0.25) is 5.24 Å². The number of hydrogen-bond acceptors (Lipinski definition) is 3. The summed E-state index contributed by atoms with van der Waals surface area (Å²) in [6.45, 7) is 0. The number of pyridine rings is 1. The van der Waals surface area contributed by atoms with Gasteiger partial charge in [-0.3, -0.25) is 9.78 Å². The lowest BCUT2D eigenvalue weighted by Gasteiger charge is -2.13. The zero-order chi connectivity index (χ0) is 13.7. The Kier molecular flexibility index (Phi) is 4.53. The minimum absolute atomic E-state index is 0.390. The summed E-state index contributed by atoms with van der Waals surface area (Å²) in [6, 6.07) is 13.0. The van der Waals surface area contributed by atoms with Gasteiger partial charge in [-0.1, -0.05) is 18.2 Å². The van der Waals surface area contributed by atoms with Crippen LogP contribution in [0.2, 0.25) is 0 Å². The zero-order valence-electron chi connectivity index (χ0n) is 10.5. The predicted molar refractivity (Wildman–Crippen MR) is 74.5 cm³/mol. The SMILES string of the molecule is COc1cccc(C(Cc2ccccn2)C(=O)Cl)c1. The topological polar surface area (TPSA) is 39.2 Å². The fourth-order valence-electron chi connectivity index (χ4n) is 1.92. The number of methoxy groups -OCH3 is 1. The number of rotatable bonds is 5. The van der Waals surface area contributed by atoms with E-state index in [1.165, 1.54) is 0 Å². The molecule has 3 nitrogen and oxygen atoms in total. The number of ether oxygens (including phenoxy) is 1. The van der Waals surface area contributed by atoms with Crippen molar-refractivity contribution in [3.63, 3.8) is 0 Å². The second-order valence-electron chi connectivity index (χ2n) is 4.16. The average molecular weight is 276 g/mol. The third-order valence-corrected chi connectivity index (χ3v) is 3.17. The van der Waals surface area contributed by atoms with E-state index >= 15 is 0 Å². The Bertz CT molecular complexity index is 557. The largest absolute Gasteiger partial charge is 0.497 e. The van der Waals surface area contributed by atoms with E-state index in [2.05, 4.69) is 4.98 Å². The number of halogens is 1. The van der Waals surface area contributed by atoms with Crippen LogP contribution in [0.15, 0.2) is 48.7 Å². The molecular formula is C15H14ClNO2. The van der Waals surface area contributed by atoms with Gasteiger partial charge in [0.25, 0.3) is 0 Å². The van der Waals surface area contributed by atoms with Gasteiger partial charge in [-0.15, -0.1) is 0 Å². The molecule has 0 amide bonds. The van der Waals surface area contributed by atoms with Crippen molar-refractivity contribution in [2.45, 2.75) is 12.3 Å². The second kappa shape index (κ2) is 6.34. The summed E-state index contributed by atoms with van der Waals surface area (Å²) in [7, 11) is 1.59. The van der Waals surface area contributed by atoms with Crippen molar-refractivity contribution in [3.8, 4) is 5.75 Å². The van der Waals surface area contributed by atoms with Crippen molar-refractivity contribution >= 4 is 16.8 Å². The third-order valence-electron chi connectivity index (χ3n) is 2.91. The minimum Gasteiger partial charge on any atom is -0.497 e. The molecule has 1 heterocycles. The molecule has 0 saturated carbocycles. The summed E-state index contributed by atoms with van der Waals surface area (Å²) < 4.78 is 5.16. The molecule has 0 spiro atoms. The summed E-state index contributed by atoms with van der Waals surface area (Å²) in [4.78, 5) is 15.9. The molecule has 0 radical (unpaired) electrons. The van der Waals surface area contributed by atoms with Crippen molar-refractivity contribution < 1.29 is 9.53 Å². The van der Waals surface area contributed by atoms with Crippen LogP contribution >= 0.6 is 11.6 Å². The quantitative estimate of drug-likeness (QED) is 0.787. The maximum Gasteiger partial charge on any atom is 0.229 e. The van der Waals surface area contributed by atoms with E-state index in [1.807, 2.05) is 42.5 Å². The number of nitrogens with zero attached hydrogens (tertiary/aromatic N) is 1. The van der Waals surface area contributed by atoms with Gasteiger partial charge >= 0.3 is 0 Å². The second-order valence-corrected chi connectivity index (χ2v) is 4.53. The van der Waals surface area contributed by atoms with Crippen molar-refractivity contribution in [1.29, 1.82) is 0 Å². The highest BCUT2D eigenvalue weighted by Gasteiger charge is 2.20. The van der Waals surface area contributed by atoms with Gasteiger partial charge in [0, 0.05) is 18.3 Å². The summed E-state index contributed by atoms with van der Waals surface area (Å²) >= 11 is 5.72. The van der Waals surface area contributed by atoms with Gasteiger partial charge < -0.3 is 4.74 Å². The molecule has 1 aromatic heterocycles. The highest BCUT2D eigenvalue weighted by atomic mass is 35.5. The summed E-state index contributed by atoms with van der Waals surface area (Å²) in [5, 5.41) is -0.390. The highest BCUT2D eigenvalue weighted by molar-refractivity contribution is 6.64. The molecule has 0 bridgehead atoms. The minimum atomic E-state index is -0.410. The van der Waals surface area contributed by atoms with Crippen molar-refractivity contribution in [2.24, 2.45) is 0 Å². The van der Waals surface area contributed by atoms with Crippen LogP contribution in [-0.4, -0.2) is 17.3 Å². The Labute approximate surface area is 117 Å². The van der Waals surface area contributed by atoms with Crippen molar-refractivity contribution in [2.75, 3.05) is 7.11 Å². The smallest absolute Gasteiger partial charge is 0.229 e. The van der Waals surface area contributed by atoms with E-state index < -0.39 is 5.92 Å². The third kappa shape index (κ3) is 3.55. The summed E-state index contributed by atoms with van der Waals surface area (Å²) in [6.07, 6.45) is 2.19. The lowest BCUT2D eigenvalue weighted by Crippen LogP contribution is -2.11. The average Bonchev–Trinajstić information content (AvgIpc) is 2.45. The predicted octanol–water partition coefficient (Wildman–Crippen LogP) is 3.18. The van der Waals surface area contributed by atoms with E-state index in [0.717, 1.165) is 11.3 Å². The number of hydrogen-bond donors (Lipinski definition) is 0. The fraction of sp³-hybridized carbons (Fsp3) is 0.200. The van der Waals surface area contributed by atoms with Crippen LogP contribution < -0.4 is 4.74 Å². The van der Waals surface area contributed by atoms with Crippen LogP contribution in [0, 0.1) is 0 Å². The molecule has 0 aliphatic rings. The fourth-order valence-corrected chi connectivity index (χ4v) is 2.12. The molecular weight excluding hydrogens is 262 g/mol. The highest BCUT2D eigenvalue weighted by Crippen LogP contribution is 2.25. The molecule has 0 aliphatic heterocycles. The molecule has 2 aromatic rings. The van der Waals surface area contributed by atoms with Crippen LogP contribution in [0.3, 0.4) is 0 Å². The van der Waals surface area contributed by atoms with E-state index in [0.29, 0.717) is 12.2 Å². The molecule has 0 aliphatic carbocycles. The van der Waals surface area contributed by atoms with E-state index in [4.69, 9.17) is 16.3 Å². The van der Waals surface area contributed by atoms with Gasteiger partial charge in [0.1, 0.15) is 5.75 Å². The Balaban J connectivity index is 2.27. The lowest BCUT2D eigenvalue weighted by molar-refractivity contribution is -0.113. The van der Waals surface area contributed by atoms with Crippen LogP contribution in [0.25, 0.3) is 0 Å². The van der Waals surface area contributed by atoms with E-state index in [1.54, 1.807) is 13.3 Å². The number of carbonyl (C=O) groups is 1. The monoisotopic (exact) mass is 275 g/mol. The molecule has 0 fully saturated rings. The van der Waals surface area contributed by atoms with Crippen LogP contribution in [-0.2, 0) is 11.2 Å². The maximum absolute atomic E-state index is 11.6. The van der Waals surface area contributed by atoms with E-state index in [-0.39, 0.29) is 5.24 Å². The standard InChI is InChI=1S/C15H14ClNO2/c1-19-13-7-4-5-11(9-13)14(15(16)18)10-12-6-2-3-8-17-12/h2-9,14H,10H2,1H3. The molecule has 0 saturated heterocycles. The molecule has 0 N–H and O–H groups in total. The van der Waals surface area contributed by atoms with Gasteiger partial charge in [-0.25, -0.2) is 0 Å². The first-order valence-electron chi connectivity index (χ1n) is 5.94. The van der Waals surface area contributed by atoms with Crippen LogP contribution in [0.5, 0.6) is 5.75 Å². The summed E-state index contributed by atoms with van der Waals surface area (Å²) in [5.41, 5.74) is 1.68. The number of benzene rings is 1. The van der Waals surface area contributed by atoms with Gasteiger partial charge in [0.15, 0.2) is 0 Å². The maximum atomic E-state index is 11.6. The molecule has 98 valence electrons. The molecule has 19 heavy (non-hydrogen) atoms. The normalized spacial score (nSPS) is 11.9. The number of carbonyl (C=O) groups excluding carboxylic acids is 1. The molecule has 1 atom stereocenters. The first kappa shape index (κ1) is 13.6. The Hall–Kier alpha value is -1.87. The molecule has 1 aromatic carbocycles.